The van der Waals surface area contributed by atoms with Crippen molar-refractivity contribution >= 4 is 29.9 Å². The molecule has 5 nitrogen and oxygen atoms in total. The van der Waals surface area contributed by atoms with Crippen molar-refractivity contribution in [3.63, 3.8) is 0 Å². The summed E-state index contributed by atoms with van der Waals surface area (Å²) in [5, 5.41) is 5.87. The fourth-order valence-corrected chi connectivity index (χ4v) is 1.55. The minimum Gasteiger partial charge on any atom is -0.405 e. The summed E-state index contributed by atoms with van der Waals surface area (Å²) in [5.41, 5.74) is 0.379. The van der Waals surface area contributed by atoms with Gasteiger partial charge in [0.25, 0.3) is 0 Å². The van der Waals surface area contributed by atoms with Crippen LogP contribution in [0.25, 0.3) is 0 Å². The van der Waals surface area contributed by atoms with Gasteiger partial charge in [-0.25, -0.2) is 0 Å². The van der Waals surface area contributed by atoms with Crippen LogP contribution >= 0.6 is 24.0 Å². The maximum atomic E-state index is 12.3. The smallest absolute Gasteiger partial charge is 0.405 e. The highest BCUT2D eigenvalue weighted by Crippen LogP contribution is 2.25. The molecular formula is C13H19F3IN3O2. The molecule has 0 heterocycles. The minimum atomic E-state index is -4.71. The van der Waals surface area contributed by atoms with E-state index in [2.05, 4.69) is 20.4 Å². The zero-order valence-electron chi connectivity index (χ0n) is 12.2. The van der Waals surface area contributed by atoms with E-state index >= 15 is 0 Å². The molecule has 0 atom stereocenters. The molecule has 22 heavy (non-hydrogen) atoms. The first-order valence-corrected chi connectivity index (χ1v) is 6.23. The summed E-state index contributed by atoms with van der Waals surface area (Å²) in [4.78, 5) is 3.96. The molecule has 0 unspecified atom stereocenters. The van der Waals surface area contributed by atoms with Gasteiger partial charge in [-0.05, 0) is 6.07 Å². The molecule has 0 fully saturated rings. The van der Waals surface area contributed by atoms with Gasteiger partial charge < -0.3 is 20.1 Å². The lowest BCUT2D eigenvalue weighted by atomic mass is 10.2. The Morgan fingerprint density at radius 2 is 1.91 bits per heavy atom. The summed E-state index contributed by atoms with van der Waals surface area (Å²) in [6, 6.07) is 5.94. The second-order valence-corrected chi connectivity index (χ2v) is 4.00. The van der Waals surface area contributed by atoms with Crippen LogP contribution in [0, 0.1) is 0 Å². The Labute approximate surface area is 144 Å². The van der Waals surface area contributed by atoms with Crippen LogP contribution in [0.4, 0.5) is 13.2 Å². The van der Waals surface area contributed by atoms with Crippen molar-refractivity contribution in [2.24, 2.45) is 4.99 Å². The maximum Gasteiger partial charge on any atom is 0.573 e. The van der Waals surface area contributed by atoms with E-state index in [9.17, 15) is 13.2 Å². The molecule has 0 aliphatic heterocycles. The molecule has 0 aliphatic carbocycles. The zero-order chi connectivity index (χ0) is 15.7. The number of nitrogens with one attached hydrogen (secondary N) is 2. The molecule has 1 aromatic carbocycles. The van der Waals surface area contributed by atoms with E-state index in [1.807, 2.05) is 0 Å². The Morgan fingerprint density at radius 3 is 2.50 bits per heavy atom. The monoisotopic (exact) mass is 433 g/mol. The van der Waals surface area contributed by atoms with Crippen LogP contribution < -0.4 is 15.4 Å². The predicted molar refractivity (Wildman–Crippen MR) is 88.6 cm³/mol. The standard InChI is InChI=1S/C13H18F3N3O2.HI/c1-17-12(18-7-8-20-2)19-9-10-5-3-4-6-11(10)21-13(14,15)16;/h3-6H,7-9H2,1-2H3,(H2,17,18,19);1H. The molecule has 0 bridgehead atoms. The van der Waals surface area contributed by atoms with Crippen LogP contribution in [0.15, 0.2) is 29.3 Å². The molecule has 0 saturated heterocycles. The number of rotatable bonds is 6. The number of para-hydroxylation sites is 1. The topological polar surface area (TPSA) is 54.9 Å². The Morgan fingerprint density at radius 1 is 1.23 bits per heavy atom. The van der Waals surface area contributed by atoms with Crippen LogP contribution in [0.1, 0.15) is 5.56 Å². The van der Waals surface area contributed by atoms with E-state index < -0.39 is 6.36 Å². The molecule has 0 radical (unpaired) electrons. The van der Waals surface area contributed by atoms with Crippen molar-refractivity contribution in [2.45, 2.75) is 12.9 Å². The molecule has 0 saturated carbocycles. The summed E-state index contributed by atoms with van der Waals surface area (Å²) >= 11 is 0. The number of benzene rings is 1. The van der Waals surface area contributed by atoms with Crippen LogP contribution in [0.2, 0.25) is 0 Å². The van der Waals surface area contributed by atoms with Gasteiger partial charge in [0.1, 0.15) is 5.75 Å². The molecule has 0 aromatic heterocycles. The SMILES string of the molecule is CN=C(NCCOC)NCc1ccccc1OC(F)(F)F.I. The Balaban J connectivity index is 0.00000441. The second kappa shape index (κ2) is 10.5. The van der Waals surface area contributed by atoms with Crippen LogP contribution in [0.5, 0.6) is 5.75 Å². The van der Waals surface area contributed by atoms with E-state index in [4.69, 9.17) is 4.74 Å². The highest BCUT2D eigenvalue weighted by Gasteiger charge is 2.31. The lowest BCUT2D eigenvalue weighted by Crippen LogP contribution is -2.38. The number of halogens is 4. The van der Waals surface area contributed by atoms with Gasteiger partial charge >= 0.3 is 6.36 Å². The number of hydrogen-bond acceptors (Lipinski definition) is 3. The second-order valence-electron chi connectivity index (χ2n) is 4.00. The third-order valence-electron chi connectivity index (χ3n) is 2.47. The average Bonchev–Trinajstić information content (AvgIpc) is 2.42. The Kier molecular flexibility index (Phi) is 9.90. The Bertz CT molecular complexity index is 470. The van der Waals surface area contributed by atoms with Gasteiger partial charge in [0.05, 0.1) is 6.61 Å². The Hall–Kier alpha value is -1.23. The first-order valence-electron chi connectivity index (χ1n) is 6.23. The summed E-state index contributed by atoms with van der Waals surface area (Å²) < 4.78 is 45.8. The first kappa shape index (κ1) is 20.8. The number of nitrogens with zero attached hydrogens (tertiary/aromatic N) is 1. The predicted octanol–water partition coefficient (Wildman–Crippen LogP) is 2.51. The average molecular weight is 433 g/mol. The summed E-state index contributed by atoms with van der Waals surface area (Å²) in [7, 11) is 3.14. The number of aliphatic imine (C=N–C) groups is 1. The number of ether oxygens (including phenoxy) is 2. The number of methoxy groups -OCH3 is 1. The fraction of sp³-hybridized carbons (Fsp3) is 0.462. The van der Waals surface area contributed by atoms with E-state index in [0.717, 1.165) is 0 Å². The summed E-state index contributed by atoms with van der Waals surface area (Å²) in [6.07, 6.45) is -4.71. The van der Waals surface area contributed by atoms with Crippen LogP contribution in [-0.4, -0.2) is 39.6 Å². The summed E-state index contributed by atoms with van der Waals surface area (Å²) in [5.74, 6) is 0.235. The van der Waals surface area contributed by atoms with Gasteiger partial charge in [0.2, 0.25) is 0 Å². The van der Waals surface area contributed by atoms with Crippen molar-refractivity contribution in [1.82, 2.24) is 10.6 Å². The molecule has 2 N–H and O–H groups in total. The van der Waals surface area contributed by atoms with Crippen LogP contribution in [0.3, 0.4) is 0 Å². The van der Waals surface area contributed by atoms with Gasteiger partial charge in [0.15, 0.2) is 5.96 Å². The number of guanidine groups is 1. The van der Waals surface area contributed by atoms with Gasteiger partial charge in [-0.3, -0.25) is 4.99 Å². The first-order chi connectivity index (χ1) is 9.96. The molecule has 1 aromatic rings. The quantitative estimate of drug-likeness (QED) is 0.314. The molecule has 0 spiro atoms. The van der Waals surface area contributed by atoms with Gasteiger partial charge in [-0.1, -0.05) is 18.2 Å². The third kappa shape index (κ3) is 8.27. The lowest BCUT2D eigenvalue weighted by Gasteiger charge is -2.15. The molecular weight excluding hydrogens is 414 g/mol. The van der Waals surface area contributed by atoms with E-state index in [1.165, 1.54) is 12.1 Å². The van der Waals surface area contributed by atoms with E-state index in [0.29, 0.717) is 24.7 Å². The van der Waals surface area contributed by atoms with Gasteiger partial charge in [0, 0.05) is 32.8 Å². The third-order valence-corrected chi connectivity index (χ3v) is 2.47. The lowest BCUT2D eigenvalue weighted by molar-refractivity contribution is -0.274. The molecule has 9 heteroatoms. The van der Waals surface area contributed by atoms with Crippen molar-refractivity contribution in [3.8, 4) is 5.75 Å². The molecule has 0 amide bonds. The number of alkyl halides is 3. The molecule has 126 valence electrons. The van der Waals surface area contributed by atoms with Crippen molar-refractivity contribution < 1.29 is 22.6 Å². The zero-order valence-corrected chi connectivity index (χ0v) is 14.6. The van der Waals surface area contributed by atoms with Gasteiger partial charge in [-0.2, -0.15) is 0 Å². The van der Waals surface area contributed by atoms with Gasteiger partial charge in [-0.15, -0.1) is 37.1 Å². The minimum absolute atomic E-state index is 0. The largest absolute Gasteiger partial charge is 0.573 e. The van der Waals surface area contributed by atoms with Crippen molar-refractivity contribution in [3.05, 3.63) is 29.8 Å². The number of hydrogen-bond donors (Lipinski definition) is 2. The van der Waals surface area contributed by atoms with Crippen molar-refractivity contribution in [1.29, 1.82) is 0 Å². The molecule has 1 rings (SSSR count). The van der Waals surface area contributed by atoms with E-state index in [1.54, 1.807) is 26.3 Å². The highest BCUT2D eigenvalue weighted by molar-refractivity contribution is 14.0. The maximum absolute atomic E-state index is 12.3. The highest BCUT2D eigenvalue weighted by atomic mass is 127. The molecule has 0 aliphatic rings. The normalized spacial score (nSPS) is 11.6. The van der Waals surface area contributed by atoms with Crippen LogP contribution in [-0.2, 0) is 11.3 Å². The van der Waals surface area contributed by atoms with E-state index in [-0.39, 0.29) is 36.3 Å². The summed E-state index contributed by atoms with van der Waals surface area (Å²) in [6.45, 7) is 1.18. The van der Waals surface area contributed by atoms with Crippen molar-refractivity contribution in [2.75, 3.05) is 27.3 Å². The fourth-order valence-electron chi connectivity index (χ4n) is 1.55.